The number of amides is 1. The molecule has 35 heavy (non-hydrogen) atoms. The lowest BCUT2D eigenvalue weighted by molar-refractivity contribution is 0.0943. The molecule has 0 radical (unpaired) electrons. The Balaban J connectivity index is 1.43. The van der Waals surface area contributed by atoms with Gasteiger partial charge in [-0.25, -0.2) is 0 Å². The van der Waals surface area contributed by atoms with Crippen LogP contribution in [0.4, 0.5) is 0 Å². The second kappa shape index (κ2) is 9.43. The standard InChI is InChI=1S/C31H25NO3/c1-20-17-21(2)30-26(18-20)27(33)19-28(35-30)22-13-15-25(16-14-22)31(34)32-29(23-9-5-3-6-10-23)24-11-7-4-8-12-24/h3-19,29H,1-2H3,(H,32,34). The summed E-state index contributed by atoms with van der Waals surface area (Å²) in [6, 6.07) is 32.0. The van der Waals surface area contributed by atoms with Gasteiger partial charge in [0.25, 0.3) is 5.91 Å². The molecular weight excluding hydrogens is 434 g/mol. The van der Waals surface area contributed by atoms with E-state index < -0.39 is 0 Å². The first-order valence-electron chi connectivity index (χ1n) is 11.6. The highest BCUT2D eigenvalue weighted by Gasteiger charge is 2.18. The fourth-order valence-electron chi connectivity index (χ4n) is 4.40. The molecule has 4 aromatic carbocycles. The van der Waals surface area contributed by atoms with Gasteiger partial charge in [0, 0.05) is 17.2 Å². The average Bonchev–Trinajstić information content (AvgIpc) is 2.89. The second-order valence-electron chi connectivity index (χ2n) is 8.74. The third-order valence-corrected chi connectivity index (χ3v) is 6.13. The maximum absolute atomic E-state index is 13.2. The first kappa shape index (κ1) is 22.4. The molecule has 1 amide bonds. The summed E-state index contributed by atoms with van der Waals surface area (Å²) in [6.45, 7) is 3.90. The summed E-state index contributed by atoms with van der Waals surface area (Å²) in [4.78, 5) is 25.9. The Morgan fingerprint density at radius 2 is 1.37 bits per heavy atom. The molecule has 0 fully saturated rings. The molecule has 172 valence electrons. The number of carbonyl (C=O) groups is 1. The first-order valence-corrected chi connectivity index (χ1v) is 11.6. The molecule has 0 bridgehead atoms. The number of aryl methyl sites for hydroxylation is 2. The van der Waals surface area contributed by atoms with Gasteiger partial charge in [-0.2, -0.15) is 0 Å². The maximum atomic E-state index is 13.2. The average molecular weight is 460 g/mol. The van der Waals surface area contributed by atoms with E-state index >= 15 is 0 Å². The van der Waals surface area contributed by atoms with Crippen LogP contribution in [0.25, 0.3) is 22.3 Å². The minimum absolute atomic E-state index is 0.0802. The normalized spacial score (nSPS) is 11.1. The zero-order chi connectivity index (χ0) is 24.4. The number of nitrogens with one attached hydrogen (secondary N) is 1. The highest BCUT2D eigenvalue weighted by molar-refractivity contribution is 5.95. The maximum Gasteiger partial charge on any atom is 0.252 e. The Hall–Kier alpha value is -4.44. The van der Waals surface area contributed by atoms with E-state index in [2.05, 4.69) is 5.32 Å². The monoisotopic (exact) mass is 459 g/mol. The molecule has 4 heteroatoms. The van der Waals surface area contributed by atoms with Crippen molar-refractivity contribution in [3.8, 4) is 11.3 Å². The fourth-order valence-corrected chi connectivity index (χ4v) is 4.40. The third-order valence-electron chi connectivity index (χ3n) is 6.13. The van der Waals surface area contributed by atoms with Crippen molar-refractivity contribution in [2.45, 2.75) is 19.9 Å². The highest BCUT2D eigenvalue weighted by Crippen LogP contribution is 2.26. The smallest absolute Gasteiger partial charge is 0.252 e. The lowest BCUT2D eigenvalue weighted by Crippen LogP contribution is -2.29. The van der Waals surface area contributed by atoms with Crippen molar-refractivity contribution in [1.82, 2.24) is 5.32 Å². The lowest BCUT2D eigenvalue weighted by Gasteiger charge is -2.20. The topological polar surface area (TPSA) is 59.3 Å². The predicted molar refractivity (Wildman–Crippen MR) is 140 cm³/mol. The minimum Gasteiger partial charge on any atom is -0.456 e. The molecule has 0 aliphatic carbocycles. The number of hydrogen-bond donors (Lipinski definition) is 1. The first-order chi connectivity index (χ1) is 17.0. The summed E-state index contributed by atoms with van der Waals surface area (Å²) in [7, 11) is 0. The van der Waals surface area contributed by atoms with E-state index in [0.29, 0.717) is 22.3 Å². The Kier molecular flexibility index (Phi) is 6.02. The molecule has 1 heterocycles. The van der Waals surface area contributed by atoms with E-state index in [0.717, 1.165) is 27.8 Å². The Bertz CT molecular complexity index is 1510. The fraction of sp³-hybridized carbons (Fsp3) is 0.0968. The van der Waals surface area contributed by atoms with Crippen molar-refractivity contribution in [2.75, 3.05) is 0 Å². The quantitative estimate of drug-likeness (QED) is 0.322. The van der Waals surface area contributed by atoms with Gasteiger partial charge >= 0.3 is 0 Å². The van der Waals surface area contributed by atoms with Crippen LogP contribution < -0.4 is 10.7 Å². The van der Waals surface area contributed by atoms with Gasteiger partial charge in [-0.05, 0) is 54.3 Å². The van der Waals surface area contributed by atoms with Crippen LogP contribution in [0.2, 0.25) is 0 Å². The van der Waals surface area contributed by atoms with Crippen molar-refractivity contribution in [3.05, 3.63) is 141 Å². The predicted octanol–water partition coefficient (Wildman–Crippen LogP) is 6.60. The number of benzene rings is 4. The minimum atomic E-state index is -0.269. The molecule has 4 nitrogen and oxygen atoms in total. The molecule has 0 aliphatic heterocycles. The summed E-state index contributed by atoms with van der Waals surface area (Å²) in [5, 5.41) is 3.74. The van der Waals surface area contributed by atoms with Gasteiger partial charge in [0.15, 0.2) is 5.43 Å². The van der Waals surface area contributed by atoms with Crippen molar-refractivity contribution in [1.29, 1.82) is 0 Å². The molecule has 0 saturated carbocycles. The number of carbonyl (C=O) groups excluding carboxylic acids is 1. The zero-order valence-electron chi connectivity index (χ0n) is 19.6. The Labute approximate surface area is 203 Å². The van der Waals surface area contributed by atoms with E-state index in [-0.39, 0.29) is 17.4 Å². The summed E-state index contributed by atoms with van der Waals surface area (Å²) in [6.07, 6.45) is 0. The molecule has 1 aromatic heterocycles. The van der Waals surface area contributed by atoms with E-state index in [1.165, 1.54) is 6.07 Å². The van der Waals surface area contributed by atoms with Crippen molar-refractivity contribution in [3.63, 3.8) is 0 Å². The van der Waals surface area contributed by atoms with Gasteiger partial charge in [0.05, 0.1) is 11.4 Å². The number of rotatable bonds is 5. The van der Waals surface area contributed by atoms with Crippen LogP contribution in [0.3, 0.4) is 0 Å². The van der Waals surface area contributed by atoms with Gasteiger partial charge in [-0.3, -0.25) is 9.59 Å². The van der Waals surface area contributed by atoms with E-state index in [9.17, 15) is 9.59 Å². The van der Waals surface area contributed by atoms with Gasteiger partial charge in [-0.1, -0.05) is 78.9 Å². The van der Waals surface area contributed by atoms with E-state index in [1.807, 2.05) is 98.8 Å². The van der Waals surface area contributed by atoms with Crippen molar-refractivity contribution >= 4 is 16.9 Å². The van der Waals surface area contributed by atoms with Crippen LogP contribution >= 0.6 is 0 Å². The van der Waals surface area contributed by atoms with Crippen molar-refractivity contribution < 1.29 is 9.21 Å². The van der Waals surface area contributed by atoms with Crippen LogP contribution in [0.5, 0.6) is 0 Å². The molecule has 0 atom stereocenters. The molecule has 5 rings (SSSR count). The third kappa shape index (κ3) is 4.64. The summed E-state index contributed by atoms with van der Waals surface area (Å²) >= 11 is 0. The van der Waals surface area contributed by atoms with E-state index in [4.69, 9.17) is 4.42 Å². The van der Waals surface area contributed by atoms with Crippen molar-refractivity contribution in [2.24, 2.45) is 0 Å². The number of fused-ring (bicyclic) bond motifs is 1. The van der Waals surface area contributed by atoms with Crippen LogP contribution in [0.15, 0.2) is 112 Å². The Morgan fingerprint density at radius 3 is 1.97 bits per heavy atom. The molecule has 0 unspecified atom stereocenters. The largest absolute Gasteiger partial charge is 0.456 e. The molecular formula is C31H25NO3. The molecule has 5 aromatic rings. The molecule has 0 spiro atoms. The zero-order valence-corrected chi connectivity index (χ0v) is 19.6. The summed E-state index contributed by atoms with van der Waals surface area (Å²) in [5.74, 6) is 0.299. The summed E-state index contributed by atoms with van der Waals surface area (Å²) in [5.41, 5.74) is 5.73. The second-order valence-corrected chi connectivity index (χ2v) is 8.74. The van der Waals surface area contributed by atoms with Gasteiger partial charge in [0.1, 0.15) is 11.3 Å². The SMILES string of the molecule is Cc1cc(C)c2oc(-c3ccc(C(=O)NC(c4ccccc4)c4ccccc4)cc3)cc(=O)c2c1. The summed E-state index contributed by atoms with van der Waals surface area (Å²) < 4.78 is 6.09. The van der Waals surface area contributed by atoms with Crippen LogP contribution in [0, 0.1) is 13.8 Å². The molecule has 0 aliphatic rings. The molecule has 1 N–H and O–H groups in total. The van der Waals surface area contributed by atoms with Crippen LogP contribution in [-0.2, 0) is 0 Å². The lowest BCUT2D eigenvalue weighted by atomic mass is 9.98. The number of hydrogen-bond acceptors (Lipinski definition) is 3. The van der Waals surface area contributed by atoms with E-state index in [1.54, 1.807) is 12.1 Å². The van der Waals surface area contributed by atoms with Crippen LogP contribution in [0.1, 0.15) is 38.7 Å². The Morgan fingerprint density at radius 1 is 0.771 bits per heavy atom. The molecule has 0 saturated heterocycles. The highest BCUT2D eigenvalue weighted by atomic mass is 16.3. The van der Waals surface area contributed by atoms with Gasteiger partial charge in [-0.15, -0.1) is 0 Å². The van der Waals surface area contributed by atoms with Gasteiger partial charge < -0.3 is 9.73 Å². The van der Waals surface area contributed by atoms with Gasteiger partial charge in [0.2, 0.25) is 0 Å². The van der Waals surface area contributed by atoms with Crippen LogP contribution in [-0.4, -0.2) is 5.91 Å².